The van der Waals surface area contributed by atoms with E-state index in [4.69, 9.17) is 4.74 Å². The lowest BCUT2D eigenvalue weighted by Crippen LogP contribution is -2.33. The summed E-state index contributed by atoms with van der Waals surface area (Å²) in [5, 5.41) is 0. The first-order valence-corrected chi connectivity index (χ1v) is 11.6. The number of benzene rings is 2. The molecule has 3 rings (SSSR count). The number of piperidine rings is 1. The van der Waals surface area contributed by atoms with Crippen LogP contribution in [0.5, 0.6) is 5.75 Å². The summed E-state index contributed by atoms with van der Waals surface area (Å²) in [7, 11) is 0. The average Bonchev–Trinajstić information content (AvgIpc) is 2.77. The van der Waals surface area contributed by atoms with E-state index in [1.165, 1.54) is 44.2 Å². The van der Waals surface area contributed by atoms with Gasteiger partial charge in [0.15, 0.2) is 0 Å². The maximum absolute atomic E-state index is 12.2. The summed E-state index contributed by atoms with van der Waals surface area (Å²) < 4.78 is 42.0. The van der Waals surface area contributed by atoms with Gasteiger partial charge in [0.1, 0.15) is 5.75 Å². The molecule has 0 aromatic heterocycles. The molecular weight excluding hydrogens is 399 g/mol. The normalized spacial score (nSPS) is 15.3. The van der Waals surface area contributed by atoms with Crippen molar-refractivity contribution in [3.63, 3.8) is 0 Å². The minimum Gasteiger partial charge on any atom is -0.494 e. The van der Waals surface area contributed by atoms with E-state index in [1.807, 2.05) is 24.3 Å². The topological polar surface area (TPSA) is 12.5 Å². The fourth-order valence-corrected chi connectivity index (χ4v) is 4.23. The first-order chi connectivity index (χ1) is 14.9. The zero-order valence-corrected chi connectivity index (χ0v) is 18.5. The van der Waals surface area contributed by atoms with Crippen LogP contribution in [0.15, 0.2) is 48.5 Å². The number of hydrogen-bond donors (Lipinski definition) is 0. The molecule has 2 aromatic rings. The molecule has 1 heterocycles. The van der Waals surface area contributed by atoms with Crippen molar-refractivity contribution in [2.45, 2.75) is 64.5 Å². The second kappa shape index (κ2) is 11.4. The quantitative estimate of drug-likeness (QED) is 0.353. The van der Waals surface area contributed by atoms with Crippen LogP contribution in [0, 0.1) is 5.92 Å². The van der Waals surface area contributed by atoms with Crippen LogP contribution in [0.3, 0.4) is 0 Å². The third-order valence-corrected chi connectivity index (χ3v) is 6.12. The van der Waals surface area contributed by atoms with Crippen molar-refractivity contribution in [3.05, 3.63) is 48.5 Å². The summed E-state index contributed by atoms with van der Waals surface area (Å²) in [5.74, 6) is 1.49. The van der Waals surface area contributed by atoms with E-state index in [9.17, 15) is 13.2 Å². The Bertz CT molecular complexity index is 763. The van der Waals surface area contributed by atoms with Gasteiger partial charge in [-0.05, 0) is 60.6 Å². The molecule has 5 heteroatoms. The summed E-state index contributed by atoms with van der Waals surface area (Å²) in [5.41, 5.74) is 3.48. The summed E-state index contributed by atoms with van der Waals surface area (Å²) in [6.07, 6.45) is 3.01. The van der Waals surface area contributed by atoms with E-state index < -0.39 is 12.6 Å². The third-order valence-electron chi connectivity index (χ3n) is 6.12. The number of alkyl halides is 3. The molecule has 0 radical (unpaired) electrons. The monoisotopic (exact) mass is 433 g/mol. The Morgan fingerprint density at radius 2 is 1.48 bits per heavy atom. The molecule has 170 valence electrons. The Labute approximate surface area is 184 Å². The third kappa shape index (κ3) is 7.79. The number of unbranched alkanes of at least 4 members (excludes halogenated alkanes) is 2. The zero-order valence-electron chi connectivity index (χ0n) is 18.5. The molecule has 0 saturated carbocycles. The molecule has 31 heavy (non-hydrogen) atoms. The molecule has 0 bridgehead atoms. The Hall–Kier alpha value is -2.17. The van der Waals surface area contributed by atoms with Gasteiger partial charge in [-0.25, -0.2) is 0 Å². The van der Waals surface area contributed by atoms with Crippen LogP contribution >= 0.6 is 0 Å². The molecule has 1 saturated heterocycles. The van der Waals surface area contributed by atoms with Crippen LogP contribution in [0.25, 0.3) is 11.1 Å². The first-order valence-electron chi connectivity index (χ1n) is 11.6. The second-order valence-electron chi connectivity index (χ2n) is 8.56. The fourth-order valence-electron chi connectivity index (χ4n) is 4.23. The molecule has 1 aliphatic heterocycles. The van der Waals surface area contributed by atoms with Crippen molar-refractivity contribution in [1.82, 2.24) is 0 Å². The maximum Gasteiger partial charge on any atom is 0.389 e. The largest absolute Gasteiger partial charge is 0.494 e. The SMILES string of the molecule is CCCCCC1CCN(c2ccc(-c3ccc(OCCCC(F)(F)F)cc3)cc2)CC1. The van der Waals surface area contributed by atoms with Crippen LogP contribution in [-0.2, 0) is 0 Å². The lowest BCUT2D eigenvalue weighted by atomic mass is 9.91. The van der Waals surface area contributed by atoms with Gasteiger partial charge in [-0.1, -0.05) is 56.9 Å². The van der Waals surface area contributed by atoms with Crippen molar-refractivity contribution in [2.75, 3.05) is 24.6 Å². The number of halogens is 3. The van der Waals surface area contributed by atoms with E-state index in [1.54, 1.807) is 0 Å². The molecule has 0 amide bonds. The van der Waals surface area contributed by atoms with Crippen molar-refractivity contribution in [2.24, 2.45) is 5.92 Å². The maximum atomic E-state index is 12.2. The molecular formula is C26H34F3NO. The van der Waals surface area contributed by atoms with Crippen LogP contribution < -0.4 is 9.64 Å². The van der Waals surface area contributed by atoms with Gasteiger partial charge in [0.2, 0.25) is 0 Å². The van der Waals surface area contributed by atoms with Crippen molar-refractivity contribution in [1.29, 1.82) is 0 Å². The van der Waals surface area contributed by atoms with Gasteiger partial charge < -0.3 is 9.64 Å². The highest BCUT2D eigenvalue weighted by Crippen LogP contribution is 2.29. The van der Waals surface area contributed by atoms with Gasteiger partial charge in [-0.2, -0.15) is 13.2 Å². The molecule has 0 atom stereocenters. The van der Waals surface area contributed by atoms with Gasteiger partial charge in [-0.15, -0.1) is 0 Å². The summed E-state index contributed by atoms with van der Waals surface area (Å²) in [6, 6.07) is 16.2. The summed E-state index contributed by atoms with van der Waals surface area (Å²) in [6.45, 7) is 4.60. The van der Waals surface area contributed by atoms with Crippen LogP contribution in [0.4, 0.5) is 18.9 Å². The minimum atomic E-state index is -4.12. The zero-order chi connectivity index (χ0) is 22.1. The Balaban J connectivity index is 1.47. The number of ether oxygens (including phenoxy) is 1. The van der Waals surface area contributed by atoms with Gasteiger partial charge in [0.05, 0.1) is 6.61 Å². The lowest BCUT2D eigenvalue weighted by Gasteiger charge is -2.33. The summed E-state index contributed by atoms with van der Waals surface area (Å²) >= 11 is 0. The van der Waals surface area contributed by atoms with Gasteiger partial charge >= 0.3 is 6.18 Å². The smallest absolute Gasteiger partial charge is 0.389 e. The number of hydrogen-bond acceptors (Lipinski definition) is 2. The van der Waals surface area contributed by atoms with Crippen LogP contribution in [0.1, 0.15) is 58.3 Å². The first kappa shape index (κ1) is 23.5. The lowest BCUT2D eigenvalue weighted by molar-refractivity contribution is -0.136. The standard InChI is InChI=1S/C26H34F3NO/c1-2-3-4-6-21-15-18-30(19-16-21)24-11-7-22(8-12-24)23-9-13-25(14-10-23)31-20-5-17-26(27,28)29/h7-14,21H,2-6,15-20H2,1H3. The molecule has 0 spiro atoms. The van der Waals surface area contributed by atoms with E-state index in [2.05, 4.69) is 36.1 Å². The molecule has 2 nitrogen and oxygen atoms in total. The average molecular weight is 434 g/mol. The predicted molar refractivity (Wildman–Crippen MR) is 122 cm³/mol. The van der Waals surface area contributed by atoms with Crippen LogP contribution in [0.2, 0.25) is 0 Å². The minimum absolute atomic E-state index is 0.0251. The fraction of sp³-hybridized carbons (Fsp3) is 0.538. The van der Waals surface area contributed by atoms with Gasteiger partial charge in [-0.3, -0.25) is 0 Å². The van der Waals surface area contributed by atoms with Gasteiger partial charge in [0, 0.05) is 25.2 Å². The highest BCUT2D eigenvalue weighted by Gasteiger charge is 2.26. The Morgan fingerprint density at radius 1 is 0.871 bits per heavy atom. The van der Waals surface area contributed by atoms with Gasteiger partial charge in [0.25, 0.3) is 0 Å². The molecule has 0 N–H and O–H groups in total. The van der Waals surface area contributed by atoms with E-state index in [0.29, 0.717) is 5.75 Å². The van der Waals surface area contributed by atoms with Crippen molar-refractivity contribution >= 4 is 5.69 Å². The predicted octanol–water partition coefficient (Wildman–Crippen LogP) is 7.87. The Morgan fingerprint density at radius 3 is 2.06 bits per heavy atom. The highest BCUT2D eigenvalue weighted by molar-refractivity contribution is 5.67. The number of rotatable bonds is 10. The van der Waals surface area contributed by atoms with Crippen LogP contribution in [-0.4, -0.2) is 25.9 Å². The second-order valence-corrected chi connectivity index (χ2v) is 8.56. The summed E-state index contributed by atoms with van der Waals surface area (Å²) in [4.78, 5) is 2.48. The van der Waals surface area contributed by atoms with E-state index in [0.717, 1.165) is 30.1 Å². The van der Waals surface area contributed by atoms with Crippen molar-refractivity contribution in [3.8, 4) is 16.9 Å². The molecule has 0 aliphatic carbocycles. The Kier molecular flexibility index (Phi) is 8.68. The van der Waals surface area contributed by atoms with E-state index >= 15 is 0 Å². The molecule has 1 aliphatic rings. The number of anilines is 1. The van der Waals surface area contributed by atoms with E-state index in [-0.39, 0.29) is 13.0 Å². The molecule has 1 fully saturated rings. The highest BCUT2D eigenvalue weighted by atomic mass is 19.4. The van der Waals surface area contributed by atoms with Crippen molar-refractivity contribution < 1.29 is 17.9 Å². The molecule has 0 unspecified atom stereocenters. The molecule has 2 aromatic carbocycles. The number of nitrogens with zero attached hydrogens (tertiary/aromatic N) is 1.